The molecule has 174 valence electrons. The van der Waals surface area contributed by atoms with Gasteiger partial charge in [-0.1, -0.05) is 42.5 Å². The molecule has 4 aromatic rings. The summed E-state index contributed by atoms with van der Waals surface area (Å²) in [6.45, 7) is 4.41. The summed E-state index contributed by atoms with van der Waals surface area (Å²) < 4.78 is 7.11. The maximum atomic E-state index is 13.8. The average molecular weight is 459 g/mol. The van der Waals surface area contributed by atoms with Gasteiger partial charge in [-0.15, -0.1) is 0 Å². The van der Waals surface area contributed by atoms with Gasteiger partial charge in [0.15, 0.2) is 11.5 Å². The van der Waals surface area contributed by atoms with Crippen LogP contribution in [0.3, 0.4) is 0 Å². The van der Waals surface area contributed by atoms with Crippen molar-refractivity contribution in [2.75, 3.05) is 33.3 Å². The first-order chi connectivity index (χ1) is 16.5. The Morgan fingerprint density at radius 1 is 1.00 bits per heavy atom. The molecule has 0 aliphatic carbocycles. The Bertz CT molecular complexity index is 1460. The summed E-state index contributed by atoms with van der Waals surface area (Å²) in [5.74, 6) is -0.159. The zero-order valence-electron chi connectivity index (χ0n) is 19.2. The number of methoxy groups -OCH3 is 1. The molecule has 3 heterocycles. The lowest BCUT2D eigenvalue weighted by atomic mass is 10.1. The molecule has 2 aromatic carbocycles. The van der Waals surface area contributed by atoms with E-state index in [-0.39, 0.29) is 40.6 Å². The fourth-order valence-electron chi connectivity index (χ4n) is 4.72. The second kappa shape index (κ2) is 8.79. The highest BCUT2D eigenvalue weighted by Crippen LogP contribution is 2.34. The molecule has 34 heavy (non-hydrogen) atoms. The summed E-state index contributed by atoms with van der Waals surface area (Å²) in [4.78, 5) is 45.1. The van der Waals surface area contributed by atoms with E-state index in [4.69, 9.17) is 4.74 Å². The molecule has 1 aliphatic heterocycles. The van der Waals surface area contributed by atoms with Gasteiger partial charge in [0, 0.05) is 37.1 Å². The molecule has 2 aromatic heterocycles. The lowest BCUT2D eigenvalue weighted by Gasteiger charge is -2.27. The number of ketones is 1. The number of hydrogen-bond donors (Lipinski definition) is 2. The van der Waals surface area contributed by atoms with Gasteiger partial charge < -0.3 is 19.9 Å². The van der Waals surface area contributed by atoms with Crippen molar-refractivity contribution < 1.29 is 14.3 Å². The second-order valence-electron chi connectivity index (χ2n) is 8.47. The highest BCUT2D eigenvalue weighted by molar-refractivity contribution is 6.12. The van der Waals surface area contributed by atoms with E-state index in [9.17, 15) is 14.4 Å². The van der Waals surface area contributed by atoms with Crippen molar-refractivity contribution in [3.8, 4) is 5.75 Å². The fraction of sp³-hybridized carbons (Fsp3) is 0.269. The molecule has 0 radical (unpaired) electrons. The largest absolute Gasteiger partial charge is 0.493 e. The van der Waals surface area contributed by atoms with Crippen LogP contribution in [0.2, 0.25) is 0 Å². The Hall–Kier alpha value is -3.91. The Labute approximate surface area is 196 Å². The number of pyridine rings is 1. The maximum absolute atomic E-state index is 13.8. The fourth-order valence-corrected chi connectivity index (χ4v) is 4.72. The van der Waals surface area contributed by atoms with E-state index >= 15 is 0 Å². The predicted octanol–water partition coefficient (Wildman–Crippen LogP) is 2.73. The number of rotatable bonds is 5. The van der Waals surface area contributed by atoms with Crippen LogP contribution in [0.15, 0.2) is 53.3 Å². The Kier molecular flexibility index (Phi) is 5.67. The van der Waals surface area contributed by atoms with Gasteiger partial charge in [-0.3, -0.25) is 19.0 Å². The van der Waals surface area contributed by atoms with E-state index in [1.807, 2.05) is 31.2 Å². The van der Waals surface area contributed by atoms with Gasteiger partial charge in [-0.05, 0) is 18.6 Å². The number of carbonyl (C=O) groups is 2. The van der Waals surface area contributed by atoms with E-state index in [1.54, 1.807) is 29.2 Å². The first kappa shape index (κ1) is 21.9. The molecular weight excluding hydrogens is 432 g/mol. The summed E-state index contributed by atoms with van der Waals surface area (Å²) in [5, 5.41) is 4.30. The lowest BCUT2D eigenvalue weighted by Crippen LogP contribution is -2.46. The number of carbonyl (C=O) groups excluding carboxylic acids is 2. The van der Waals surface area contributed by atoms with Crippen LogP contribution < -0.4 is 15.6 Å². The van der Waals surface area contributed by atoms with Crippen molar-refractivity contribution in [2.45, 2.75) is 13.5 Å². The number of hydrogen-bond acceptors (Lipinski definition) is 5. The van der Waals surface area contributed by atoms with Gasteiger partial charge in [-0.2, -0.15) is 0 Å². The van der Waals surface area contributed by atoms with Gasteiger partial charge in [-0.25, -0.2) is 0 Å². The number of aromatic amines is 1. The molecule has 0 spiro atoms. The molecule has 1 aliphatic rings. The van der Waals surface area contributed by atoms with E-state index in [0.29, 0.717) is 42.8 Å². The number of aromatic nitrogens is 2. The van der Waals surface area contributed by atoms with Crippen molar-refractivity contribution >= 4 is 33.5 Å². The number of amides is 1. The zero-order chi connectivity index (χ0) is 23.8. The van der Waals surface area contributed by atoms with Gasteiger partial charge in [0.05, 0.1) is 24.7 Å². The van der Waals surface area contributed by atoms with E-state index in [0.717, 1.165) is 10.9 Å². The molecule has 0 unspecified atom stereocenters. The van der Waals surface area contributed by atoms with Crippen molar-refractivity contribution in [3.63, 3.8) is 0 Å². The summed E-state index contributed by atoms with van der Waals surface area (Å²) in [5.41, 5.74) is 2.53. The molecule has 2 N–H and O–H groups in total. The number of fused-ring (bicyclic) bond motifs is 3. The van der Waals surface area contributed by atoms with Crippen LogP contribution in [0.25, 0.3) is 21.8 Å². The highest BCUT2D eigenvalue weighted by Gasteiger charge is 2.28. The monoisotopic (exact) mass is 458 g/mol. The third kappa shape index (κ3) is 3.56. The summed E-state index contributed by atoms with van der Waals surface area (Å²) in [6, 6.07) is 14.5. The van der Waals surface area contributed by atoms with Gasteiger partial charge >= 0.3 is 0 Å². The second-order valence-corrected chi connectivity index (χ2v) is 8.47. The molecule has 1 saturated heterocycles. The molecule has 0 bridgehead atoms. The molecule has 0 atom stereocenters. The van der Waals surface area contributed by atoms with Crippen LogP contribution in [-0.2, 0) is 6.54 Å². The predicted molar refractivity (Wildman–Crippen MR) is 131 cm³/mol. The number of piperazine rings is 1. The van der Waals surface area contributed by atoms with E-state index < -0.39 is 0 Å². The van der Waals surface area contributed by atoms with Crippen molar-refractivity contribution in [3.05, 3.63) is 75.7 Å². The zero-order valence-corrected chi connectivity index (χ0v) is 19.2. The SMILES string of the molecule is COc1c(C(=O)N2CCNCC2)[nH]c2c1c(=O)n(CC(=O)c1ccccc1)c1cccc(C)c21. The number of nitrogens with one attached hydrogen (secondary N) is 2. The summed E-state index contributed by atoms with van der Waals surface area (Å²) >= 11 is 0. The molecule has 1 amide bonds. The van der Waals surface area contributed by atoms with Crippen molar-refractivity contribution in [2.24, 2.45) is 0 Å². The van der Waals surface area contributed by atoms with E-state index in [1.165, 1.54) is 11.7 Å². The molecular formula is C26H26N4O4. The maximum Gasteiger partial charge on any atom is 0.274 e. The minimum atomic E-state index is -0.371. The van der Waals surface area contributed by atoms with Crippen LogP contribution in [0.1, 0.15) is 26.4 Å². The van der Waals surface area contributed by atoms with Gasteiger partial charge in [0.2, 0.25) is 0 Å². The van der Waals surface area contributed by atoms with Crippen LogP contribution in [-0.4, -0.2) is 59.4 Å². The lowest BCUT2D eigenvalue weighted by molar-refractivity contribution is 0.0727. The number of aryl methyl sites for hydroxylation is 1. The summed E-state index contributed by atoms with van der Waals surface area (Å²) in [6.07, 6.45) is 0. The summed E-state index contributed by atoms with van der Waals surface area (Å²) in [7, 11) is 1.46. The number of H-pyrrole nitrogens is 1. The molecule has 0 saturated carbocycles. The van der Waals surface area contributed by atoms with Crippen LogP contribution in [0.4, 0.5) is 0 Å². The Morgan fingerprint density at radius 3 is 2.44 bits per heavy atom. The molecule has 8 heteroatoms. The van der Waals surface area contributed by atoms with Crippen LogP contribution in [0.5, 0.6) is 5.75 Å². The first-order valence-electron chi connectivity index (χ1n) is 11.3. The quantitative estimate of drug-likeness (QED) is 0.449. The highest BCUT2D eigenvalue weighted by atomic mass is 16.5. The number of Topliss-reactive ketones (excluding diaryl/α,β-unsaturated/α-hetero) is 1. The van der Waals surface area contributed by atoms with Crippen LogP contribution >= 0.6 is 0 Å². The number of ether oxygens (including phenoxy) is 1. The standard InChI is InChI=1S/C26H26N4O4/c1-16-7-6-10-18-20(16)22-21(25(32)30(18)15-19(31)17-8-4-3-5-9-17)24(34-2)23(28-22)26(33)29-13-11-27-12-14-29/h3-10,27-28H,11-15H2,1-2H3. The average Bonchev–Trinajstić information content (AvgIpc) is 3.26. The minimum Gasteiger partial charge on any atom is -0.493 e. The third-order valence-corrected chi connectivity index (χ3v) is 6.42. The smallest absolute Gasteiger partial charge is 0.274 e. The number of nitrogens with zero attached hydrogens (tertiary/aromatic N) is 2. The van der Waals surface area contributed by atoms with Crippen molar-refractivity contribution in [1.82, 2.24) is 19.8 Å². The number of benzene rings is 2. The van der Waals surface area contributed by atoms with Gasteiger partial charge in [0.1, 0.15) is 11.1 Å². The molecule has 1 fully saturated rings. The topological polar surface area (TPSA) is 96.4 Å². The Morgan fingerprint density at radius 2 is 1.74 bits per heavy atom. The van der Waals surface area contributed by atoms with Crippen molar-refractivity contribution in [1.29, 1.82) is 0 Å². The van der Waals surface area contributed by atoms with E-state index in [2.05, 4.69) is 10.3 Å². The molecule has 5 rings (SSSR count). The third-order valence-electron chi connectivity index (χ3n) is 6.42. The normalized spacial score (nSPS) is 14.0. The Balaban J connectivity index is 1.74. The van der Waals surface area contributed by atoms with Gasteiger partial charge in [0.25, 0.3) is 11.5 Å². The minimum absolute atomic E-state index is 0.117. The molecule has 8 nitrogen and oxygen atoms in total. The van der Waals surface area contributed by atoms with Crippen LogP contribution in [0, 0.1) is 6.92 Å². The first-order valence-corrected chi connectivity index (χ1v) is 11.3.